The molecule has 1 aliphatic heterocycles. The van der Waals surface area contributed by atoms with Crippen molar-refractivity contribution in [2.75, 3.05) is 48.8 Å². The van der Waals surface area contributed by atoms with Gasteiger partial charge in [0.1, 0.15) is 22.8 Å². The average molecular weight is 519 g/mol. The van der Waals surface area contributed by atoms with E-state index in [-0.39, 0.29) is 39.9 Å². The number of benzene rings is 2. The smallest absolute Gasteiger partial charge is 0.262 e. The molecule has 1 aliphatic rings. The van der Waals surface area contributed by atoms with Crippen LogP contribution in [-0.2, 0) is 4.79 Å². The topological polar surface area (TPSA) is 119 Å². The number of carbonyl (C=O) groups excluding carboxylic acids is 1. The number of hydrogen-bond donors (Lipinski definition) is 3. The first-order chi connectivity index (χ1) is 18.3. The molecule has 2 aromatic heterocycles. The van der Waals surface area contributed by atoms with E-state index in [4.69, 9.17) is 0 Å². The number of H-pyrrole nitrogens is 1. The van der Waals surface area contributed by atoms with Crippen molar-refractivity contribution in [2.45, 2.75) is 0 Å². The molecule has 1 amide bonds. The zero-order valence-corrected chi connectivity index (χ0v) is 20.5. The lowest BCUT2D eigenvalue weighted by atomic mass is 10.1. The molecule has 5 rings (SSSR count). The number of rotatable bonds is 6. The lowest BCUT2D eigenvalue weighted by Crippen LogP contribution is -2.44. The molecule has 1 fully saturated rings. The third-order valence-corrected chi connectivity index (χ3v) is 6.13. The quantitative estimate of drug-likeness (QED) is 0.333. The van der Waals surface area contributed by atoms with Gasteiger partial charge in [0.15, 0.2) is 5.65 Å². The Morgan fingerprint density at radius 2 is 1.87 bits per heavy atom. The first kappa shape index (κ1) is 25.0. The van der Waals surface area contributed by atoms with Gasteiger partial charge in [0, 0.05) is 49.3 Å². The highest BCUT2D eigenvalue weighted by Gasteiger charge is 2.18. The summed E-state index contributed by atoms with van der Waals surface area (Å²) in [6.07, 6.45) is 2.36. The fourth-order valence-electron chi connectivity index (χ4n) is 4.13. The Morgan fingerprint density at radius 1 is 1.08 bits per heavy atom. The predicted molar refractivity (Wildman–Crippen MR) is 142 cm³/mol. The molecule has 0 aliphatic carbocycles. The molecule has 12 heteroatoms. The van der Waals surface area contributed by atoms with Crippen molar-refractivity contribution in [2.24, 2.45) is 0 Å². The highest BCUT2D eigenvalue weighted by Crippen LogP contribution is 2.26. The summed E-state index contributed by atoms with van der Waals surface area (Å²) < 4.78 is 29.1. The number of halogens is 2. The van der Waals surface area contributed by atoms with E-state index < -0.39 is 17.3 Å². The Kier molecular flexibility index (Phi) is 6.79. The molecule has 0 atom stereocenters. The van der Waals surface area contributed by atoms with Gasteiger partial charge >= 0.3 is 0 Å². The number of anilines is 4. The summed E-state index contributed by atoms with van der Waals surface area (Å²) in [6.45, 7) is 6.57. The number of carbonyl (C=O) groups is 1. The molecule has 38 heavy (non-hydrogen) atoms. The third-order valence-electron chi connectivity index (χ3n) is 6.13. The Balaban J connectivity index is 1.42. The molecule has 4 aromatic rings. The number of piperazine rings is 1. The van der Waals surface area contributed by atoms with Crippen LogP contribution in [0.15, 0.2) is 60.0 Å². The second-order valence-electron chi connectivity index (χ2n) is 8.85. The summed E-state index contributed by atoms with van der Waals surface area (Å²) in [4.78, 5) is 43.9. The lowest BCUT2D eigenvalue weighted by Gasteiger charge is -2.34. The number of hydrogen-bond acceptors (Lipinski definition) is 8. The molecule has 1 saturated heterocycles. The highest BCUT2D eigenvalue weighted by molar-refractivity contribution is 5.99. The molecule has 0 bridgehead atoms. The minimum atomic E-state index is -0.642. The number of nitrogens with one attached hydrogen (secondary N) is 3. The van der Waals surface area contributed by atoms with E-state index in [0.29, 0.717) is 11.4 Å². The Bertz CT molecular complexity index is 1600. The molecular weight excluding hydrogens is 494 g/mol. The van der Waals surface area contributed by atoms with Crippen molar-refractivity contribution in [3.8, 4) is 11.4 Å². The summed E-state index contributed by atoms with van der Waals surface area (Å²) in [5.74, 6) is -1.38. The zero-order valence-electron chi connectivity index (χ0n) is 20.5. The van der Waals surface area contributed by atoms with E-state index in [9.17, 15) is 18.4 Å². The van der Waals surface area contributed by atoms with Gasteiger partial charge in [0.2, 0.25) is 11.9 Å². The maximum absolute atomic E-state index is 14.9. The number of aromatic nitrogens is 4. The van der Waals surface area contributed by atoms with Crippen LogP contribution < -0.4 is 21.1 Å². The first-order valence-electron chi connectivity index (χ1n) is 11.8. The van der Waals surface area contributed by atoms with Crippen molar-refractivity contribution >= 4 is 40.0 Å². The molecule has 0 spiro atoms. The van der Waals surface area contributed by atoms with Gasteiger partial charge < -0.3 is 25.4 Å². The molecule has 194 valence electrons. The minimum absolute atomic E-state index is 0.0447. The van der Waals surface area contributed by atoms with Gasteiger partial charge in [-0.25, -0.2) is 18.7 Å². The van der Waals surface area contributed by atoms with Crippen LogP contribution in [0.5, 0.6) is 0 Å². The predicted octanol–water partition coefficient (Wildman–Crippen LogP) is 3.28. The van der Waals surface area contributed by atoms with Crippen molar-refractivity contribution < 1.29 is 13.6 Å². The number of aromatic amines is 1. The van der Waals surface area contributed by atoms with Crippen LogP contribution in [0.25, 0.3) is 22.4 Å². The lowest BCUT2D eigenvalue weighted by molar-refractivity contribution is -0.111. The summed E-state index contributed by atoms with van der Waals surface area (Å²) in [7, 11) is 2.04. The van der Waals surface area contributed by atoms with Gasteiger partial charge in [-0.1, -0.05) is 6.58 Å². The largest absolute Gasteiger partial charge is 0.367 e. The van der Waals surface area contributed by atoms with Gasteiger partial charge in [0.25, 0.3) is 5.56 Å². The highest BCUT2D eigenvalue weighted by atomic mass is 19.1. The number of fused-ring (bicyclic) bond motifs is 1. The molecular formula is C26H24F2N8O2. The van der Waals surface area contributed by atoms with Gasteiger partial charge in [-0.2, -0.15) is 4.98 Å². The number of nitrogens with zero attached hydrogens (tertiary/aromatic N) is 5. The van der Waals surface area contributed by atoms with Gasteiger partial charge in [0.05, 0.1) is 5.69 Å². The van der Waals surface area contributed by atoms with E-state index in [1.54, 1.807) is 12.1 Å². The van der Waals surface area contributed by atoms with Crippen LogP contribution in [0, 0.1) is 11.6 Å². The van der Waals surface area contributed by atoms with E-state index in [1.807, 2.05) is 11.9 Å². The van der Waals surface area contributed by atoms with Crippen LogP contribution in [0.2, 0.25) is 0 Å². The number of likely N-dealkylation sites (N-methyl/N-ethyl adjacent to an activating group) is 1. The van der Waals surface area contributed by atoms with E-state index in [0.717, 1.165) is 38.3 Å². The second-order valence-corrected chi connectivity index (χ2v) is 8.85. The van der Waals surface area contributed by atoms with Crippen LogP contribution in [0.3, 0.4) is 0 Å². The summed E-state index contributed by atoms with van der Waals surface area (Å²) in [5.41, 5.74) is 0.867. The standard InChI is InChI=1S/C26H24F2N8O2/c1-3-22(37)30-18-11-15(10-16(27)12-18)23-32-24-19(25(38)33-23)14-29-26(34-24)31-17-4-5-21(20(28)13-17)36-8-6-35(2)7-9-36/h3-5,10-14H,1,6-9H2,2H3,(H,30,37)(H2,29,31,32,33,34,38). The van der Waals surface area contributed by atoms with E-state index >= 15 is 0 Å². The monoisotopic (exact) mass is 518 g/mol. The average Bonchev–Trinajstić information content (AvgIpc) is 2.89. The maximum atomic E-state index is 14.9. The maximum Gasteiger partial charge on any atom is 0.262 e. The van der Waals surface area contributed by atoms with Gasteiger partial charge in [-0.15, -0.1) is 0 Å². The fraction of sp³-hybridized carbons (Fsp3) is 0.192. The minimum Gasteiger partial charge on any atom is -0.367 e. The second kappa shape index (κ2) is 10.3. The first-order valence-corrected chi connectivity index (χ1v) is 11.8. The van der Waals surface area contributed by atoms with Crippen molar-refractivity contribution in [1.82, 2.24) is 24.8 Å². The third kappa shape index (κ3) is 5.34. The van der Waals surface area contributed by atoms with Gasteiger partial charge in [-0.05, 0) is 49.5 Å². The summed E-state index contributed by atoms with van der Waals surface area (Å²) >= 11 is 0. The molecule has 0 saturated carbocycles. The summed E-state index contributed by atoms with van der Waals surface area (Å²) in [5, 5.41) is 5.53. The zero-order chi connectivity index (χ0) is 26.8. The van der Waals surface area contributed by atoms with Crippen molar-refractivity contribution in [3.05, 3.63) is 77.2 Å². The Morgan fingerprint density at radius 3 is 2.61 bits per heavy atom. The SMILES string of the molecule is C=CC(=O)Nc1cc(F)cc(-c2nc3nc(Nc4ccc(N5CCN(C)CC5)c(F)c4)ncc3c(=O)[nH]2)c1. The molecule has 3 heterocycles. The van der Waals surface area contributed by atoms with E-state index in [1.165, 1.54) is 24.4 Å². The normalized spacial score (nSPS) is 13.9. The van der Waals surface area contributed by atoms with E-state index in [2.05, 4.69) is 42.0 Å². The van der Waals surface area contributed by atoms with Crippen LogP contribution in [0.1, 0.15) is 0 Å². The fourth-order valence-corrected chi connectivity index (χ4v) is 4.13. The number of amides is 1. The molecule has 0 unspecified atom stereocenters. The van der Waals surface area contributed by atoms with Crippen molar-refractivity contribution in [1.29, 1.82) is 0 Å². The Labute approximate surface area is 216 Å². The Hall–Kier alpha value is -4.71. The van der Waals surface area contributed by atoms with Crippen LogP contribution in [-0.4, -0.2) is 64.0 Å². The summed E-state index contributed by atoms with van der Waals surface area (Å²) in [6, 6.07) is 8.55. The molecule has 10 nitrogen and oxygen atoms in total. The van der Waals surface area contributed by atoms with Crippen LogP contribution in [0.4, 0.5) is 31.8 Å². The van der Waals surface area contributed by atoms with Gasteiger partial charge in [-0.3, -0.25) is 9.59 Å². The van der Waals surface area contributed by atoms with Crippen molar-refractivity contribution in [3.63, 3.8) is 0 Å². The molecule has 2 aromatic carbocycles. The van der Waals surface area contributed by atoms with Crippen LogP contribution >= 0.6 is 0 Å². The molecule has 3 N–H and O–H groups in total. The molecule has 0 radical (unpaired) electrons.